The molecule has 2 heterocycles. The van der Waals surface area contributed by atoms with Gasteiger partial charge in [0.05, 0.1) is 0 Å². The number of ether oxygens (including phenoxy) is 1. The van der Waals surface area contributed by atoms with Crippen LogP contribution < -0.4 is 5.73 Å². The maximum atomic E-state index is 12.2. The number of nitrogens with zero attached hydrogens (tertiary/aromatic N) is 1. The highest BCUT2D eigenvalue weighted by atomic mass is 16.6. The Labute approximate surface area is 103 Å². The van der Waals surface area contributed by atoms with Crippen molar-refractivity contribution in [2.45, 2.75) is 57.6 Å². The molecule has 4 nitrogen and oxygen atoms in total. The lowest BCUT2D eigenvalue weighted by atomic mass is 9.61. The third-order valence-electron chi connectivity index (χ3n) is 3.89. The summed E-state index contributed by atoms with van der Waals surface area (Å²) in [6.07, 6.45) is 4.09. The summed E-state index contributed by atoms with van der Waals surface area (Å²) in [5.74, 6) is 0.806. The van der Waals surface area contributed by atoms with Crippen molar-refractivity contribution in [3.05, 3.63) is 0 Å². The van der Waals surface area contributed by atoms with Crippen LogP contribution in [-0.2, 0) is 4.74 Å². The molecule has 0 aromatic rings. The standard InChI is InChI=1S/C13H24N2O2/c1-12(2,3)17-11(16)15-7-4-10-8-13(15,9-10)5-6-14/h10H,4-9,14H2,1-3H3. The molecule has 2 saturated heterocycles. The molecule has 1 saturated carbocycles. The van der Waals surface area contributed by atoms with Gasteiger partial charge in [0.1, 0.15) is 5.60 Å². The van der Waals surface area contributed by atoms with Crippen LogP contribution in [0.15, 0.2) is 0 Å². The second kappa shape index (κ2) is 4.16. The zero-order chi connectivity index (χ0) is 12.7. The fourth-order valence-corrected chi connectivity index (χ4v) is 3.20. The summed E-state index contributed by atoms with van der Waals surface area (Å²) in [6.45, 7) is 7.21. The molecule has 2 N–H and O–H groups in total. The minimum atomic E-state index is -0.415. The summed E-state index contributed by atoms with van der Waals surface area (Å²) in [4.78, 5) is 14.1. The Morgan fingerprint density at radius 1 is 1.47 bits per heavy atom. The van der Waals surface area contributed by atoms with Gasteiger partial charge in [-0.3, -0.25) is 0 Å². The SMILES string of the molecule is CC(C)(C)OC(=O)N1CCC2CC1(CCN)C2. The zero-order valence-corrected chi connectivity index (χ0v) is 11.2. The molecule has 1 aliphatic carbocycles. The number of carbonyl (C=O) groups is 1. The van der Waals surface area contributed by atoms with Crippen molar-refractivity contribution in [1.29, 1.82) is 0 Å². The molecule has 1 amide bonds. The van der Waals surface area contributed by atoms with E-state index in [9.17, 15) is 4.79 Å². The van der Waals surface area contributed by atoms with E-state index in [0.29, 0.717) is 6.54 Å². The van der Waals surface area contributed by atoms with Crippen molar-refractivity contribution < 1.29 is 9.53 Å². The van der Waals surface area contributed by atoms with E-state index in [1.54, 1.807) is 0 Å². The van der Waals surface area contributed by atoms with Crippen LogP contribution in [0.25, 0.3) is 0 Å². The second-order valence-corrected chi connectivity index (χ2v) is 6.46. The topological polar surface area (TPSA) is 55.6 Å². The van der Waals surface area contributed by atoms with E-state index in [4.69, 9.17) is 10.5 Å². The number of hydrogen-bond donors (Lipinski definition) is 1. The Balaban J connectivity index is 2.05. The van der Waals surface area contributed by atoms with Crippen molar-refractivity contribution in [3.63, 3.8) is 0 Å². The molecule has 2 bridgehead atoms. The van der Waals surface area contributed by atoms with Gasteiger partial charge in [-0.2, -0.15) is 0 Å². The van der Waals surface area contributed by atoms with Gasteiger partial charge in [0.15, 0.2) is 0 Å². The van der Waals surface area contributed by atoms with Gasteiger partial charge in [0, 0.05) is 12.1 Å². The normalized spacial score (nSPS) is 32.0. The van der Waals surface area contributed by atoms with E-state index in [1.807, 2.05) is 25.7 Å². The van der Waals surface area contributed by atoms with Crippen LogP contribution in [0, 0.1) is 5.92 Å². The van der Waals surface area contributed by atoms with E-state index < -0.39 is 5.60 Å². The molecule has 0 atom stereocenters. The van der Waals surface area contributed by atoms with Crippen molar-refractivity contribution >= 4 is 6.09 Å². The molecule has 0 unspecified atom stereocenters. The van der Waals surface area contributed by atoms with Gasteiger partial charge in [-0.15, -0.1) is 0 Å². The quantitative estimate of drug-likeness (QED) is 0.804. The van der Waals surface area contributed by atoms with Crippen molar-refractivity contribution in [3.8, 4) is 0 Å². The first-order chi connectivity index (χ1) is 7.86. The van der Waals surface area contributed by atoms with Crippen LogP contribution in [0.2, 0.25) is 0 Å². The molecule has 0 aromatic heterocycles. The first-order valence-corrected chi connectivity index (χ1v) is 6.57. The molecular weight excluding hydrogens is 216 g/mol. The first-order valence-electron chi connectivity index (χ1n) is 6.57. The highest BCUT2D eigenvalue weighted by Crippen LogP contribution is 2.50. The van der Waals surface area contributed by atoms with Gasteiger partial charge in [-0.1, -0.05) is 0 Å². The Morgan fingerprint density at radius 2 is 2.12 bits per heavy atom. The molecule has 0 aromatic carbocycles. The highest BCUT2D eigenvalue weighted by molar-refractivity contribution is 5.70. The van der Waals surface area contributed by atoms with Crippen LogP contribution in [0.3, 0.4) is 0 Å². The number of hydrogen-bond acceptors (Lipinski definition) is 3. The van der Waals surface area contributed by atoms with Crippen LogP contribution >= 0.6 is 0 Å². The van der Waals surface area contributed by atoms with Crippen LogP contribution in [0.5, 0.6) is 0 Å². The van der Waals surface area contributed by atoms with E-state index >= 15 is 0 Å². The van der Waals surface area contributed by atoms with Crippen molar-refractivity contribution in [1.82, 2.24) is 4.90 Å². The smallest absolute Gasteiger partial charge is 0.410 e. The molecule has 3 rings (SSSR count). The predicted octanol–water partition coefficient (Wildman–Crippen LogP) is 2.12. The Morgan fingerprint density at radius 3 is 2.65 bits per heavy atom. The van der Waals surface area contributed by atoms with E-state index in [0.717, 1.165) is 38.1 Å². The molecular formula is C13H24N2O2. The lowest BCUT2D eigenvalue weighted by molar-refractivity contribution is -0.0845. The Kier molecular flexibility index (Phi) is 3.10. The zero-order valence-electron chi connectivity index (χ0n) is 11.2. The van der Waals surface area contributed by atoms with Gasteiger partial charge in [-0.25, -0.2) is 4.79 Å². The minimum Gasteiger partial charge on any atom is -0.444 e. The number of amides is 1. The summed E-state index contributed by atoms with van der Waals surface area (Å²) >= 11 is 0. The van der Waals surface area contributed by atoms with Crippen LogP contribution in [0.1, 0.15) is 46.5 Å². The van der Waals surface area contributed by atoms with Crippen molar-refractivity contribution in [2.75, 3.05) is 13.1 Å². The fraction of sp³-hybridized carbons (Fsp3) is 0.923. The Bertz CT molecular complexity index is 298. The molecule has 17 heavy (non-hydrogen) atoms. The average molecular weight is 240 g/mol. The predicted molar refractivity (Wildman–Crippen MR) is 66.7 cm³/mol. The van der Waals surface area contributed by atoms with Gasteiger partial charge in [-0.05, 0) is 58.9 Å². The minimum absolute atomic E-state index is 0.0139. The summed E-state index contributed by atoms with van der Waals surface area (Å²) in [5, 5.41) is 0. The molecule has 0 radical (unpaired) electrons. The average Bonchev–Trinajstić information content (AvgIpc) is 2.14. The summed E-state index contributed by atoms with van der Waals surface area (Å²) in [5.41, 5.74) is 5.28. The number of carbonyl (C=O) groups excluding carboxylic acids is 1. The number of fused-ring (bicyclic) bond motifs is 2. The molecule has 4 heteroatoms. The summed E-state index contributed by atoms with van der Waals surface area (Å²) in [7, 11) is 0. The second-order valence-electron chi connectivity index (χ2n) is 6.46. The molecule has 3 aliphatic rings. The van der Waals surface area contributed by atoms with E-state index in [-0.39, 0.29) is 11.6 Å². The summed E-state index contributed by atoms with van der Waals surface area (Å²) in [6, 6.07) is 0. The third kappa shape index (κ3) is 2.41. The van der Waals surface area contributed by atoms with E-state index in [2.05, 4.69) is 0 Å². The van der Waals surface area contributed by atoms with Crippen LogP contribution in [0.4, 0.5) is 4.79 Å². The van der Waals surface area contributed by atoms with Gasteiger partial charge >= 0.3 is 6.09 Å². The molecule has 2 aliphatic heterocycles. The lowest BCUT2D eigenvalue weighted by Gasteiger charge is -2.59. The number of piperidine rings is 2. The Hall–Kier alpha value is -0.770. The van der Waals surface area contributed by atoms with E-state index in [1.165, 1.54) is 0 Å². The summed E-state index contributed by atoms with van der Waals surface area (Å²) < 4.78 is 5.49. The van der Waals surface area contributed by atoms with Gasteiger partial charge in [0.2, 0.25) is 0 Å². The largest absolute Gasteiger partial charge is 0.444 e. The fourth-order valence-electron chi connectivity index (χ4n) is 3.20. The molecule has 98 valence electrons. The lowest BCUT2D eigenvalue weighted by Crippen LogP contribution is -2.65. The van der Waals surface area contributed by atoms with Gasteiger partial charge < -0.3 is 15.4 Å². The molecule has 3 fully saturated rings. The maximum absolute atomic E-state index is 12.2. The number of rotatable bonds is 2. The third-order valence-corrected chi connectivity index (χ3v) is 3.89. The van der Waals surface area contributed by atoms with Crippen LogP contribution in [-0.4, -0.2) is 35.2 Å². The first kappa shape index (κ1) is 12.7. The monoisotopic (exact) mass is 240 g/mol. The van der Waals surface area contributed by atoms with Crippen molar-refractivity contribution in [2.24, 2.45) is 11.7 Å². The maximum Gasteiger partial charge on any atom is 0.410 e. The number of nitrogens with two attached hydrogens (primary N) is 1. The highest BCUT2D eigenvalue weighted by Gasteiger charge is 2.53. The molecule has 0 spiro atoms. The van der Waals surface area contributed by atoms with Gasteiger partial charge in [0.25, 0.3) is 0 Å².